The fourth-order valence-corrected chi connectivity index (χ4v) is 2.87. The summed E-state index contributed by atoms with van der Waals surface area (Å²) in [6, 6.07) is 7.96. The molecule has 0 radical (unpaired) electrons. The van der Waals surface area contributed by atoms with Crippen LogP contribution >= 0.6 is 0 Å². The summed E-state index contributed by atoms with van der Waals surface area (Å²) in [6.45, 7) is 2.64. The Balaban J connectivity index is 1.97. The zero-order chi connectivity index (χ0) is 13.7. The lowest BCUT2D eigenvalue weighted by Gasteiger charge is -2.23. The van der Waals surface area contributed by atoms with Crippen LogP contribution in [0.5, 0.6) is 0 Å². The van der Waals surface area contributed by atoms with Gasteiger partial charge in [0.15, 0.2) is 0 Å². The number of carbonyl (C=O) groups is 1. The molecule has 1 fully saturated rings. The normalized spacial score (nSPS) is 17.4. The Kier molecular flexibility index (Phi) is 4.97. The smallest absolute Gasteiger partial charge is 0.251 e. The largest absolute Gasteiger partial charge is 0.348 e. The van der Waals surface area contributed by atoms with Crippen LogP contribution < -0.4 is 11.1 Å². The molecular formula is C16H24N2O. The second kappa shape index (κ2) is 6.71. The van der Waals surface area contributed by atoms with Crippen molar-refractivity contribution in [2.24, 2.45) is 11.7 Å². The number of carbonyl (C=O) groups excluding carboxylic acids is 1. The molecule has 0 aliphatic heterocycles. The quantitative estimate of drug-likeness (QED) is 0.854. The third-order valence-corrected chi connectivity index (χ3v) is 4.16. The Morgan fingerprint density at radius 2 is 1.95 bits per heavy atom. The van der Waals surface area contributed by atoms with Gasteiger partial charge in [0.25, 0.3) is 5.91 Å². The third-order valence-electron chi connectivity index (χ3n) is 4.16. The molecule has 2 rings (SSSR count). The first-order chi connectivity index (χ1) is 9.24. The highest BCUT2D eigenvalue weighted by Gasteiger charge is 2.25. The number of amides is 1. The number of benzene rings is 1. The summed E-state index contributed by atoms with van der Waals surface area (Å²) >= 11 is 0. The van der Waals surface area contributed by atoms with Crippen molar-refractivity contribution >= 4 is 5.91 Å². The highest BCUT2D eigenvalue weighted by Crippen LogP contribution is 2.27. The van der Waals surface area contributed by atoms with E-state index in [1.807, 2.05) is 24.3 Å². The van der Waals surface area contributed by atoms with E-state index >= 15 is 0 Å². The zero-order valence-corrected chi connectivity index (χ0v) is 11.7. The van der Waals surface area contributed by atoms with Crippen LogP contribution in [0.2, 0.25) is 0 Å². The number of hydrogen-bond acceptors (Lipinski definition) is 2. The van der Waals surface area contributed by atoms with Crippen LogP contribution in [0.3, 0.4) is 0 Å². The first kappa shape index (κ1) is 14.1. The van der Waals surface area contributed by atoms with E-state index in [-0.39, 0.29) is 11.9 Å². The Morgan fingerprint density at radius 1 is 1.32 bits per heavy atom. The van der Waals surface area contributed by atoms with Crippen LogP contribution in [0.25, 0.3) is 0 Å². The van der Waals surface area contributed by atoms with Crippen LogP contribution in [0.1, 0.15) is 48.5 Å². The number of nitrogens with two attached hydrogens (primary N) is 1. The molecule has 0 saturated heterocycles. The lowest BCUT2D eigenvalue weighted by Crippen LogP contribution is -2.44. The first-order valence-electron chi connectivity index (χ1n) is 7.34. The average molecular weight is 260 g/mol. The summed E-state index contributed by atoms with van der Waals surface area (Å²) in [6.07, 6.45) is 5.91. The van der Waals surface area contributed by atoms with E-state index in [9.17, 15) is 4.79 Å². The minimum atomic E-state index is 0.00463. The third kappa shape index (κ3) is 3.57. The van der Waals surface area contributed by atoms with Crippen molar-refractivity contribution in [3.63, 3.8) is 0 Å². The van der Waals surface area contributed by atoms with E-state index < -0.39 is 0 Å². The number of hydrogen-bond donors (Lipinski definition) is 2. The van der Waals surface area contributed by atoms with E-state index in [1.165, 1.54) is 31.2 Å². The standard InChI is InChI=1S/C16H24N2O/c1-2-12-7-9-14(10-8-12)16(19)18-15(11-17)13-5-3-4-6-13/h7-10,13,15H,2-6,11,17H2,1H3,(H,18,19). The van der Waals surface area contributed by atoms with Gasteiger partial charge in [-0.3, -0.25) is 4.79 Å². The van der Waals surface area contributed by atoms with Gasteiger partial charge in [0.2, 0.25) is 0 Å². The van der Waals surface area contributed by atoms with Crippen LogP contribution in [0, 0.1) is 5.92 Å². The molecule has 3 N–H and O–H groups in total. The maximum Gasteiger partial charge on any atom is 0.251 e. The molecule has 3 nitrogen and oxygen atoms in total. The van der Waals surface area contributed by atoms with Crippen molar-refractivity contribution in [3.8, 4) is 0 Å². The molecule has 1 saturated carbocycles. The van der Waals surface area contributed by atoms with Crippen molar-refractivity contribution in [3.05, 3.63) is 35.4 Å². The predicted molar refractivity (Wildman–Crippen MR) is 78.1 cm³/mol. The van der Waals surface area contributed by atoms with Crippen molar-refractivity contribution in [1.82, 2.24) is 5.32 Å². The van der Waals surface area contributed by atoms with Gasteiger partial charge in [-0.05, 0) is 42.9 Å². The van der Waals surface area contributed by atoms with Crippen LogP contribution in [-0.2, 0) is 6.42 Å². The summed E-state index contributed by atoms with van der Waals surface area (Å²) in [5.41, 5.74) is 7.79. The average Bonchev–Trinajstić information content (AvgIpc) is 2.98. The molecule has 0 aromatic heterocycles. The number of aryl methyl sites for hydroxylation is 1. The van der Waals surface area contributed by atoms with E-state index in [4.69, 9.17) is 5.73 Å². The van der Waals surface area contributed by atoms with Gasteiger partial charge in [-0.1, -0.05) is 31.9 Å². The molecule has 1 aliphatic carbocycles. The van der Waals surface area contributed by atoms with E-state index in [0.717, 1.165) is 12.0 Å². The van der Waals surface area contributed by atoms with Crippen LogP contribution in [-0.4, -0.2) is 18.5 Å². The molecule has 1 aromatic carbocycles. The maximum absolute atomic E-state index is 12.2. The lowest BCUT2D eigenvalue weighted by molar-refractivity contribution is 0.0924. The summed E-state index contributed by atoms with van der Waals surface area (Å²) in [4.78, 5) is 12.2. The molecule has 1 atom stereocenters. The second-order valence-electron chi connectivity index (χ2n) is 5.41. The Labute approximate surface area is 115 Å². The van der Waals surface area contributed by atoms with Gasteiger partial charge in [0, 0.05) is 18.2 Å². The molecule has 19 heavy (non-hydrogen) atoms. The highest BCUT2D eigenvalue weighted by molar-refractivity contribution is 5.94. The number of nitrogens with one attached hydrogen (secondary N) is 1. The fraction of sp³-hybridized carbons (Fsp3) is 0.562. The molecule has 1 aromatic rings. The Morgan fingerprint density at radius 3 is 2.47 bits per heavy atom. The van der Waals surface area contributed by atoms with Crippen molar-refractivity contribution in [2.45, 2.75) is 45.1 Å². The Bertz CT molecular complexity index is 407. The van der Waals surface area contributed by atoms with E-state index in [2.05, 4.69) is 12.2 Å². The molecule has 1 unspecified atom stereocenters. The number of rotatable bonds is 5. The molecule has 104 valence electrons. The molecular weight excluding hydrogens is 236 g/mol. The highest BCUT2D eigenvalue weighted by atomic mass is 16.1. The van der Waals surface area contributed by atoms with Crippen LogP contribution in [0.15, 0.2) is 24.3 Å². The van der Waals surface area contributed by atoms with Gasteiger partial charge in [-0.15, -0.1) is 0 Å². The summed E-state index contributed by atoms with van der Waals surface area (Å²) in [7, 11) is 0. The minimum absolute atomic E-state index is 0.00463. The van der Waals surface area contributed by atoms with Gasteiger partial charge in [-0.2, -0.15) is 0 Å². The summed E-state index contributed by atoms with van der Waals surface area (Å²) in [5.74, 6) is 0.564. The fourth-order valence-electron chi connectivity index (χ4n) is 2.87. The van der Waals surface area contributed by atoms with Gasteiger partial charge < -0.3 is 11.1 Å². The Hall–Kier alpha value is -1.35. The van der Waals surface area contributed by atoms with Gasteiger partial charge in [-0.25, -0.2) is 0 Å². The summed E-state index contributed by atoms with van der Waals surface area (Å²) < 4.78 is 0. The SMILES string of the molecule is CCc1ccc(C(=O)NC(CN)C2CCCC2)cc1. The molecule has 1 amide bonds. The van der Waals surface area contributed by atoms with Gasteiger partial charge in [0.1, 0.15) is 0 Å². The second-order valence-corrected chi connectivity index (χ2v) is 5.41. The molecule has 0 bridgehead atoms. The molecule has 3 heteroatoms. The van der Waals surface area contributed by atoms with Crippen molar-refractivity contribution < 1.29 is 4.79 Å². The lowest BCUT2D eigenvalue weighted by atomic mass is 9.97. The first-order valence-corrected chi connectivity index (χ1v) is 7.34. The molecule has 0 spiro atoms. The molecule has 1 aliphatic rings. The minimum Gasteiger partial charge on any atom is -0.348 e. The maximum atomic E-state index is 12.2. The van der Waals surface area contributed by atoms with E-state index in [1.54, 1.807) is 0 Å². The van der Waals surface area contributed by atoms with Crippen molar-refractivity contribution in [2.75, 3.05) is 6.54 Å². The van der Waals surface area contributed by atoms with Crippen LogP contribution in [0.4, 0.5) is 0 Å². The monoisotopic (exact) mass is 260 g/mol. The molecule has 0 heterocycles. The van der Waals surface area contributed by atoms with Gasteiger partial charge in [0.05, 0.1) is 0 Å². The summed E-state index contributed by atoms with van der Waals surface area (Å²) in [5, 5.41) is 3.10. The van der Waals surface area contributed by atoms with Crippen molar-refractivity contribution in [1.29, 1.82) is 0 Å². The van der Waals surface area contributed by atoms with E-state index in [0.29, 0.717) is 12.5 Å². The zero-order valence-electron chi connectivity index (χ0n) is 11.7. The topological polar surface area (TPSA) is 55.1 Å². The predicted octanol–water partition coefficient (Wildman–Crippen LogP) is 2.50. The van der Waals surface area contributed by atoms with Gasteiger partial charge >= 0.3 is 0 Å².